The second-order valence-corrected chi connectivity index (χ2v) is 17.6. The van der Waals surface area contributed by atoms with Gasteiger partial charge in [0, 0.05) is 54.9 Å². The van der Waals surface area contributed by atoms with Crippen LogP contribution >= 0.6 is 0 Å². The zero-order chi connectivity index (χ0) is 44.7. The molecule has 68 heavy (non-hydrogen) atoms. The lowest BCUT2D eigenvalue weighted by Crippen LogP contribution is -2.10. The molecule has 4 heteroatoms. The maximum Gasteiger partial charge on any atom is 0.143 e. The highest BCUT2D eigenvalue weighted by atomic mass is 16.3. The van der Waals surface area contributed by atoms with Crippen molar-refractivity contribution in [2.45, 2.75) is 0 Å². The molecule has 0 aliphatic heterocycles. The fourth-order valence-electron chi connectivity index (χ4n) is 10.9. The summed E-state index contributed by atoms with van der Waals surface area (Å²) in [5, 5.41) is 9.42. The molecule has 0 aliphatic carbocycles. The van der Waals surface area contributed by atoms with Crippen LogP contribution in [0.3, 0.4) is 0 Å². The molecule has 0 saturated heterocycles. The normalized spacial score (nSPS) is 11.8. The molecule has 0 N–H and O–H groups in total. The van der Waals surface area contributed by atoms with Gasteiger partial charge in [0.25, 0.3) is 0 Å². The molecule has 0 atom stereocenters. The van der Waals surface area contributed by atoms with Crippen LogP contribution in [0.1, 0.15) is 0 Å². The van der Waals surface area contributed by atoms with Gasteiger partial charge >= 0.3 is 0 Å². The molecule has 14 aromatic rings. The Labute approximate surface area is 392 Å². The molecule has 318 valence electrons. The van der Waals surface area contributed by atoms with Crippen molar-refractivity contribution in [3.63, 3.8) is 0 Å². The van der Waals surface area contributed by atoms with E-state index in [1.807, 2.05) is 0 Å². The maximum atomic E-state index is 6.77. The zero-order valence-electron chi connectivity index (χ0n) is 36.9. The summed E-state index contributed by atoms with van der Waals surface area (Å²) >= 11 is 0. The Balaban J connectivity index is 0.937. The molecular weight excluding hydrogens is 827 g/mol. The van der Waals surface area contributed by atoms with Crippen molar-refractivity contribution in [1.29, 1.82) is 0 Å². The third-order valence-electron chi connectivity index (χ3n) is 13.9. The van der Waals surface area contributed by atoms with E-state index in [9.17, 15) is 0 Å². The smallest absolute Gasteiger partial charge is 0.143 e. The minimum Gasteiger partial charge on any atom is -0.455 e. The number of aromatic nitrogens is 2. The summed E-state index contributed by atoms with van der Waals surface area (Å²) in [5.74, 6) is 0. The van der Waals surface area contributed by atoms with Crippen LogP contribution in [0.15, 0.2) is 253 Å². The fraction of sp³-hybridized carbons (Fsp3) is 0. The second-order valence-electron chi connectivity index (χ2n) is 17.6. The lowest BCUT2D eigenvalue weighted by Gasteiger charge is -2.27. The number of benzene rings is 11. The van der Waals surface area contributed by atoms with Gasteiger partial charge in [-0.25, -0.2) is 0 Å². The highest BCUT2D eigenvalue weighted by Crippen LogP contribution is 2.46. The number of rotatable bonds is 7. The first-order valence-corrected chi connectivity index (χ1v) is 23.3. The number of anilines is 3. The van der Waals surface area contributed by atoms with E-state index in [4.69, 9.17) is 4.42 Å². The lowest BCUT2D eigenvalue weighted by molar-refractivity contribution is 0.672. The fourth-order valence-corrected chi connectivity index (χ4v) is 10.9. The van der Waals surface area contributed by atoms with Crippen LogP contribution in [0.2, 0.25) is 0 Å². The highest BCUT2D eigenvalue weighted by Gasteiger charge is 2.22. The quantitative estimate of drug-likeness (QED) is 0.160. The van der Waals surface area contributed by atoms with Crippen molar-refractivity contribution in [3.05, 3.63) is 249 Å². The molecular formula is C64H41N3O. The molecule has 0 amide bonds. The Kier molecular flexibility index (Phi) is 8.55. The number of hydrogen-bond donors (Lipinski definition) is 0. The largest absolute Gasteiger partial charge is 0.455 e. The Morgan fingerprint density at radius 2 is 0.868 bits per heavy atom. The molecule has 14 rings (SSSR count). The van der Waals surface area contributed by atoms with Crippen LogP contribution in [0.5, 0.6) is 0 Å². The summed E-state index contributed by atoms with van der Waals surface area (Å²) in [6.07, 6.45) is 0. The summed E-state index contributed by atoms with van der Waals surface area (Å²) in [6.45, 7) is 0. The third-order valence-corrected chi connectivity index (χ3v) is 13.9. The van der Waals surface area contributed by atoms with Crippen LogP contribution in [0, 0.1) is 0 Å². The second kappa shape index (κ2) is 15.2. The van der Waals surface area contributed by atoms with Crippen molar-refractivity contribution in [2.24, 2.45) is 0 Å². The number of hydrogen-bond acceptors (Lipinski definition) is 2. The minimum atomic E-state index is 0.855. The highest BCUT2D eigenvalue weighted by molar-refractivity contribution is 6.20. The van der Waals surface area contributed by atoms with Crippen molar-refractivity contribution in [2.75, 3.05) is 4.90 Å². The van der Waals surface area contributed by atoms with Crippen LogP contribution in [-0.4, -0.2) is 9.13 Å². The van der Waals surface area contributed by atoms with E-state index in [2.05, 4.69) is 263 Å². The lowest BCUT2D eigenvalue weighted by atomic mass is 9.98. The molecule has 3 aromatic heterocycles. The summed E-state index contributed by atoms with van der Waals surface area (Å²) in [4.78, 5) is 2.39. The van der Waals surface area contributed by atoms with E-state index in [-0.39, 0.29) is 0 Å². The average molecular weight is 868 g/mol. The van der Waals surface area contributed by atoms with Gasteiger partial charge in [-0.2, -0.15) is 0 Å². The van der Waals surface area contributed by atoms with Gasteiger partial charge in [-0.3, -0.25) is 0 Å². The van der Waals surface area contributed by atoms with Crippen LogP contribution < -0.4 is 4.90 Å². The molecule has 0 unspecified atom stereocenters. The van der Waals surface area contributed by atoms with Gasteiger partial charge in [0.1, 0.15) is 11.2 Å². The van der Waals surface area contributed by atoms with E-state index in [1.165, 1.54) is 54.7 Å². The summed E-state index contributed by atoms with van der Waals surface area (Å²) < 4.78 is 11.6. The van der Waals surface area contributed by atoms with Crippen LogP contribution in [-0.2, 0) is 0 Å². The first kappa shape index (κ1) is 38.2. The topological polar surface area (TPSA) is 26.2 Å². The molecule has 0 radical (unpaired) electrons. The van der Waals surface area contributed by atoms with E-state index >= 15 is 0 Å². The Morgan fingerprint density at radius 1 is 0.324 bits per heavy atom. The molecule has 3 heterocycles. The summed E-state index contributed by atoms with van der Waals surface area (Å²) in [5.41, 5.74) is 16.6. The molecule has 11 aromatic carbocycles. The molecule has 4 nitrogen and oxygen atoms in total. The van der Waals surface area contributed by atoms with Crippen molar-refractivity contribution in [1.82, 2.24) is 9.13 Å². The molecule has 0 spiro atoms. The predicted molar refractivity (Wildman–Crippen MR) is 285 cm³/mol. The Hall–Kier alpha value is -9.12. The summed E-state index contributed by atoms with van der Waals surface area (Å²) in [7, 11) is 0. The van der Waals surface area contributed by atoms with Gasteiger partial charge in [0.05, 0.1) is 38.8 Å². The van der Waals surface area contributed by atoms with Crippen molar-refractivity contribution in [3.8, 4) is 33.6 Å². The summed E-state index contributed by atoms with van der Waals surface area (Å²) in [6, 6.07) is 89.8. The molecule has 0 fully saturated rings. The van der Waals surface area contributed by atoms with Crippen LogP contribution in [0.4, 0.5) is 17.1 Å². The number of fused-ring (bicyclic) bond motifs is 11. The van der Waals surface area contributed by atoms with E-state index < -0.39 is 0 Å². The number of furan rings is 1. The number of para-hydroxylation sites is 5. The predicted octanol–water partition coefficient (Wildman–Crippen LogP) is 17.7. The minimum absolute atomic E-state index is 0.855. The van der Waals surface area contributed by atoms with E-state index in [0.29, 0.717) is 0 Å². The standard InChI is InChI=1S/C64H41N3O/c1-2-17-45(18-3-1)66-58-28-13-9-23-53(58)62-49(24-14-29-59(62)66)44-34-39-47(40-35-44)65(60-30-15-31-61-63(60)54-41-36-42-16-4-5-20-50(42)64(54)68-61)46-37-32-43(33-38-46)48-19-6-10-25-55(48)67-56-26-11-7-21-51(56)52-22-8-12-27-57(52)67/h1-41H. The van der Waals surface area contributed by atoms with Crippen molar-refractivity contribution < 1.29 is 4.42 Å². The Bertz CT molecular complexity index is 4200. The molecule has 0 saturated carbocycles. The first-order chi connectivity index (χ1) is 33.8. The van der Waals surface area contributed by atoms with Crippen molar-refractivity contribution >= 4 is 93.4 Å². The van der Waals surface area contributed by atoms with Gasteiger partial charge in [0.2, 0.25) is 0 Å². The maximum absolute atomic E-state index is 6.77. The monoisotopic (exact) mass is 867 g/mol. The van der Waals surface area contributed by atoms with Gasteiger partial charge in [0.15, 0.2) is 0 Å². The van der Waals surface area contributed by atoms with E-state index in [1.54, 1.807) is 0 Å². The van der Waals surface area contributed by atoms with Gasteiger partial charge < -0.3 is 18.5 Å². The van der Waals surface area contributed by atoms with Crippen LogP contribution in [0.25, 0.3) is 110 Å². The zero-order valence-corrected chi connectivity index (χ0v) is 36.9. The van der Waals surface area contributed by atoms with Gasteiger partial charge in [-0.15, -0.1) is 0 Å². The van der Waals surface area contributed by atoms with Gasteiger partial charge in [-0.1, -0.05) is 164 Å². The van der Waals surface area contributed by atoms with E-state index in [0.717, 1.165) is 72.3 Å². The molecule has 0 aliphatic rings. The number of nitrogens with zero attached hydrogens (tertiary/aromatic N) is 3. The SMILES string of the molecule is c1ccc(-n2c3ccccc3c3c(-c4ccc(N(c5ccc(-c6ccccc6-n6c7ccccc7c7ccccc76)cc5)c5cccc6oc7c8ccccc8ccc7c56)cc4)cccc32)cc1. The van der Waals surface area contributed by atoms with Gasteiger partial charge in [-0.05, 0) is 107 Å². The first-order valence-electron chi connectivity index (χ1n) is 23.3. The average Bonchev–Trinajstić information content (AvgIpc) is 4.08. The Morgan fingerprint density at radius 3 is 1.59 bits per heavy atom. The third kappa shape index (κ3) is 5.81. The molecule has 0 bridgehead atoms.